The number of fused-ring (bicyclic) bond motifs is 1. The molecule has 0 bridgehead atoms. The molecule has 4 rings (SSSR count). The SMILES string of the molecule is Cc1ccc2c(c1)CCN(C(=O)c1cccnc1N(C)C)C2c1ccccc1. The van der Waals surface area contributed by atoms with Crippen LogP contribution in [0.1, 0.15) is 38.7 Å². The maximum atomic E-state index is 13.6. The first-order valence-electron chi connectivity index (χ1n) is 9.64. The number of anilines is 1. The van der Waals surface area contributed by atoms with E-state index in [0.29, 0.717) is 17.9 Å². The van der Waals surface area contributed by atoms with Gasteiger partial charge in [0.25, 0.3) is 5.91 Å². The number of nitrogens with zero attached hydrogens (tertiary/aromatic N) is 3. The first kappa shape index (κ1) is 18.2. The van der Waals surface area contributed by atoms with Crippen molar-refractivity contribution in [1.82, 2.24) is 9.88 Å². The minimum Gasteiger partial charge on any atom is -0.362 e. The topological polar surface area (TPSA) is 36.4 Å². The first-order chi connectivity index (χ1) is 13.6. The van der Waals surface area contributed by atoms with E-state index in [4.69, 9.17) is 0 Å². The standard InChI is InChI=1S/C24H25N3O/c1-17-11-12-20-19(16-17)13-15-27(22(20)18-8-5-4-6-9-18)24(28)21-10-7-14-25-23(21)26(2)3/h4-12,14,16,22H,13,15H2,1-3H3. The lowest BCUT2D eigenvalue weighted by atomic mass is 9.87. The van der Waals surface area contributed by atoms with E-state index in [2.05, 4.69) is 42.2 Å². The van der Waals surface area contributed by atoms with E-state index in [1.165, 1.54) is 16.7 Å². The molecule has 0 fully saturated rings. The molecule has 3 aromatic rings. The highest BCUT2D eigenvalue weighted by atomic mass is 16.2. The summed E-state index contributed by atoms with van der Waals surface area (Å²) in [6, 6.07) is 20.5. The molecule has 1 atom stereocenters. The van der Waals surface area contributed by atoms with Crippen molar-refractivity contribution in [3.05, 3.63) is 94.7 Å². The number of amides is 1. The molecule has 0 saturated heterocycles. The molecule has 1 aliphatic rings. The quantitative estimate of drug-likeness (QED) is 0.691. The number of aromatic nitrogens is 1. The highest BCUT2D eigenvalue weighted by molar-refractivity contribution is 5.99. The fourth-order valence-electron chi connectivity index (χ4n) is 4.04. The first-order valence-corrected chi connectivity index (χ1v) is 9.64. The number of hydrogen-bond acceptors (Lipinski definition) is 3. The Bertz CT molecular complexity index is 998. The van der Waals surface area contributed by atoms with Crippen LogP contribution in [0.5, 0.6) is 0 Å². The number of benzene rings is 2. The number of hydrogen-bond donors (Lipinski definition) is 0. The van der Waals surface area contributed by atoms with Gasteiger partial charge in [0.15, 0.2) is 0 Å². The van der Waals surface area contributed by atoms with Gasteiger partial charge in [0.2, 0.25) is 0 Å². The Hall–Kier alpha value is -3.14. The van der Waals surface area contributed by atoms with Gasteiger partial charge in [-0.1, -0.05) is 54.1 Å². The van der Waals surface area contributed by atoms with Gasteiger partial charge in [0.05, 0.1) is 11.6 Å². The van der Waals surface area contributed by atoms with E-state index < -0.39 is 0 Å². The van der Waals surface area contributed by atoms with E-state index in [0.717, 1.165) is 12.0 Å². The monoisotopic (exact) mass is 371 g/mol. The zero-order valence-corrected chi connectivity index (χ0v) is 16.6. The van der Waals surface area contributed by atoms with Crippen LogP contribution in [0.25, 0.3) is 0 Å². The van der Waals surface area contributed by atoms with Crippen LogP contribution in [0, 0.1) is 6.92 Å². The largest absolute Gasteiger partial charge is 0.362 e. The smallest absolute Gasteiger partial charge is 0.258 e. The zero-order chi connectivity index (χ0) is 19.7. The average Bonchev–Trinajstić information content (AvgIpc) is 2.72. The van der Waals surface area contributed by atoms with Gasteiger partial charge in [-0.05, 0) is 42.2 Å². The summed E-state index contributed by atoms with van der Waals surface area (Å²) in [4.78, 5) is 22.0. The van der Waals surface area contributed by atoms with Gasteiger partial charge in [-0.15, -0.1) is 0 Å². The third-order valence-corrected chi connectivity index (χ3v) is 5.34. The predicted molar refractivity (Wildman–Crippen MR) is 113 cm³/mol. The molecular weight excluding hydrogens is 346 g/mol. The van der Waals surface area contributed by atoms with E-state index in [9.17, 15) is 4.79 Å². The van der Waals surface area contributed by atoms with Crippen LogP contribution in [-0.2, 0) is 6.42 Å². The maximum Gasteiger partial charge on any atom is 0.258 e. The second-order valence-electron chi connectivity index (χ2n) is 7.53. The fourth-order valence-corrected chi connectivity index (χ4v) is 4.04. The van der Waals surface area contributed by atoms with Crippen LogP contribution in [-0.4, -0.2) is 36.4 Å². The minimum absolute atomic E-state index is 0.0249. The molecule has 4 nitrogen and oxygen atoms in total. The Kier molecular flexibility index (Phi) is 4.86. The molecule has 2 heterocycles. The predicted octanol–water partition coefficient (Wildman–Crippen LogP) is 4.24. The van der Waals surface area contributed by atoms with Crippen molar-refractivity contribution in [3.8, 4) is 0 Å². The number of rotatable bonds is 3. The van der Waals surface area contributed by atoms with E-state index in [1.807, 2.05) is 54.2 Å². The maximum absolute atomic E-state index is 13.6. The second-order valence-corrected chi connectivity index (χ2v) is 7.53. The third-order valence-electron chi connectivity index (χ3n) is 5.34. The molecule has 1 unspecified atom stereocenters. The average molecular weight is 371 g/mol. The van der Waals surface area contributed by atoms with Gasteiger partial charge in [0, 0.05) is 26.8 Å². The minimum atomic E-state index is -0.0896. The number of pyridine rings is 1. The zero-order valence-electron chi connectivity index (χ0n) is 16.6. The van der Waals surface area contributed by atoms with Crippen molar-refractivity contribution in [1.29, 1.82) is 0 Å². The Balaban J connectivity index is 1.82. The van der Waals surface area contributed by atoms with Gasteiger partial charge >= 0.3 is 0 Å². The van der Waals surface area contributed by atoms with Gasteiger partial charge < -0.3 is 9.80 Å². The molecular formula is C24H25N3O. The van der Waals surface area contributed by atoms with Crippen molar-refractivity contribution in [3.63, 3.8) is 0 Å². The summed E-state index contributed by atoms with van der Waals surface area (Å²) in [7, 11) is 3.84. The third kappa shape index (κ3) is 3.26. The van der Waals surface area contributed by atoms with Crippen LogP contribution in [0.15, 0.2) is 66.9 Å². The van der Waals surface area contributed by atoms with Crippen molar-refractivity contribution in [2.75, 3.05) is 25.5 Å². The van der Waals surface area contributed by atoms with Crippen LogP contribution in [0.3, 0.4) is 0 Å². The molecule has 0 radical (unpaired) electrons. The van der Waals surface area contributed by atoms with Crippen LogP contribution >= 0.6 is 0 Å². The number of carbonyl (C=O) groups is 1. The lowest BCUT2D eigenvalue weighted by molar-refractivity contribution is 0.0695. The van der Waals surface area contributed by atoms with E-state index in [-0.39, 0.29) is 11.9 Å². The summed E-state index contributed by atoms with van der Waals surface area (Å²) < 4.78 is 0. The van der Waals surface area contributed by atoms with Crippen molar-refractivity contribution in [2.45, 2.75) is 19.4 Å². The molecule has 0 aliphatic carbocycles. The fraction of sp³-hybridized carbons (Fsp3) is 0.250. The number of aryl methyl sites for hydroxylation is 1. The molecule has 1 amide bonds. The van der Waals surface area contributed by atoms with Crippen LogP contribution < -0.4 is 4.90 Å². The highest BCUT2D eigenvalue weighted by Gasteiger charge is 2.33. The molecule has 0 saturated carbocycles. The number of carbonyl (C=O) groups excluding carboxylic acids is 1. The van der Waals surface area contributed by atoms with Crippen molar-refractivity contribution < 1.29 is 4.79 Å². The van der Waals surface area contributed by atoms with Crippen LogP contribution in [0.4, 0.5) is 5.82 Å². The molecule has 1 aliphatic heterocycles. The van der Waals surface area contributed by atoms with Gasteiger partial charge in [-0.2, -0.15) is 0 Å². The highest BCUT2D eigenvalue weighted by Crippen LogP contribution is 2.37. The summed E-state index contributed by atoms with van der Waals surface area (Å²) in [5.41, 5.74) is 5.58. The van der Waals surface area contributed by atoms with Gasteiger partial charge in [-0.25, -0.2) is 4.98 Å². The molecule has 28 heavy (non-hydrogen) atoms. The summed E-state index contributed by atoms with van der Waals surface area (Å²) >= 11 is 0. The normalized spacial score (nSPS) is 15.8. The second kappa shape index (κ2) is 7.47. The van der Waals surface area contributed by atoms with Gasteiger partial charge in [0.1, 0.15) is 5.82 Å². The molecule has 4 heteroatoms. The Labute approximate surface area is 166 Å². The summed E-state index contributed by atoms with van der Waals surface area (Å²) in [5.74, 6) is 0.728. The van der Waals surface area contributed by atoms with Crippen molar-refractivity contribution in [2.24, 2.45) is 0 Å². The van der Waals surface area contributed by atoms with E-state index >= 15 is 0 Å². The Morgan fingerprint density at radius 1 is 1.07 bits per heavy atom. The van der Waals surface area contributed by atoms with Crippen LogP contribution in [0.2, 0.25) is 0 Å². The molecule has 2 aromatic carbocycles. The molecule has 1 aromatic heterocycles. The molecule has 142 valence electrons. The lowest BCUT2D eigenvalue weighted by Crippen LogP contribution is -2.41. The molecule has 0 N–H and O–H groups in total. The summed E-state index contributed by atoms with van der Waals surface area (Å²) in [6.07, 6.45) is 2.60. The molecule has 0 spiro atoms. The van der Waals surface area contributed by atoms with E-state index in [1.54, 1.807) is 6.20 Å². The Morgan fingerprint density at radius 2 is 1.86 bits per heavy atom. The summed E-state index contributed by atoms with van der Waals surface area (Å²) in [5, 5.41) is 0. The summed E-state index contributed by atoms with van der Waals surface area (Å²) in [6.45, 7) is 2.81. The Morgan fingerprint density at radius 3 is 2.61 bits per heavy atom. The van der Waals surface area contributed by atoms with Gasteiger partial charge in [-0.3, -0.25) is 4.79 Å². The lowest BCUT2D eigenvalue weighted by Gasteiger charge is -2.38. The van der Waals surface area contributed by atoms with Crippen molar-refractivity contribution >= 4 is 11.7 Å².